The van der Waals surface area contributed by atoms with Crippen molar-refractivity contribution in [2.24, 2.45) is 0 Å². The normalized spacial score (nSPS) is 26.8. The number of hydrogen-bond donors (Lipinski definition) is 7. The SMILES string of the molecule is CC(=O)N[C@H]1[C@H]([C@H](O)[C@H](O)CNC(=O)c2cc(C)c(O)c(C)c2)O[C@@](CCN2CCCC23CN(C(=O)OC(C)(C)C)C3)(C(=O)O)C[C@@H]1O. The van der Waals surface area contributed by atoms with E-state index < -0.39 is 78.5 Å². The van der Waals surface area contributed by atoms with Crippen molar-refractivity contribution in [3.05, 3.63) is 28.8 Å². The largest absolute Gasteiger partial charge is 0.507 e. The lowest BCUT2D eigenvalue weighted by Gasteiger charge is -2.53. The highest BCUT2D eigenvalue weighted by Gasteiger charge is 2.57. The maximum absolute atomic E-state index is 12.8. The molecule has 0 aliphatic carbocycles. The number of hydrogen-bond acceptors (Lipinski definition) is 11. The van der Waals surface area contributed by atoms with E-state index in [0.29, 0.717) is 30.8 Å². The van der Waals surface area contributed by atoms with Crippen LogP contribution in [0.3, 0.4) is 0 Å². The number of phenolic OH excluding ortho intramolecular Hbond substituents is 1. The van der Waals surface area contributed by atoms with Gasteiger partial charge in [-0.1, -0.05) is 0 Å². The summed E-state index contributed by atoms with van der Waals surface area (Å²) in [5.74, 6) is -2.48. The number of nitrogens with zero attached hydrogens (tertiary/aromatic N) is 2. The van der Waals surface area contributed by atoms with E-state index in [-0.39, 0.29) is 29.8 Å². The average molecular weight is 679 g/mol. The third-order valence-corrected chi connectivity index (χ3v) is 9.53. The number of likely N-dealkylation sites (tertiary alicyclic amines) is 2. The Bertz CT molecular complexity index is 1370. The Kier molecular flexibility index (Phi) is 11.0. The van der Waals surface area contributed by atoms with Crippen molar-refractivity contribution in [2.75, 3.05) is 32.7 Å². The average Bonchev–Trinajstić information content (AvgIpc) is 3.40. The number of aromatic hydroxyl groups is 1. The molecular formula is C33H50N4O11. The van der Waals surface area contributed by atoms with Crippen molar-refractivity contribution < 1.29 is 54.2 Å². The molecule has 268 valence electrons. The van der Waals surface area contributed by atoms with E-state index in [1.54, 1.807) is 39.5 Å². The van der Waals surface area contributed by atoms with Crippen molar-refractivity contribution in [3.63, 3.8) is 0 Å². The molecule has 0 radical (unpaired) electrons. The first-order chi connectivity index (χ1) is 22.3. The van der Waals surface area contributed by atoms with Crippen LogP contribution in [0.4, 0.5) is 4.79 Å². The molecule has 0 saturated carbocycles. The molecule has 15 nitrogen and oxygen atoms in total. The van der Waals surface area contributed by atoms with E-state index in [0.717, 1.165) is 12.8 Å². The third kappa shape index (κ3) is 8.03. The summed E-state index contributed by atoms with van der Waals surface area (Å²) in [5.41, 5.74) is -1.79. The molecule has 3 aliphatic rings. The van der Waals surface area contributed by atoms with Gasteiger partial charge in [-0.2, -0.15) is 0 Å². The van der Waals surface area contributed by atoms with E-state index in [4.69, 9.17) is 9.47 Å². The molecule has 4 rings (SSSR count). The van der Waals surface area contributed by atoms with Gasteiger partial charge < -0.3 is 50.5 Å². The molecule has 3 amide bonds. The number of aliphatic hydroxyl groups excluding tert-OH is 3. The molecule has 3 aliphatic heterocycles. The number of carboxylic acids is 1. The predicted molar refractivity (Wildman–Crippen MR) is 171 cm³/mol. The molecule has 1 spiro atoms. The number of benzene rings is 1. The van der Waals surface area contributed by atoms with Gasteiger partial charge in [0.2, 0.25) is 5.91 Å². The molecule has 1 aromatic rings. The number of aliphatic hydroxyl groups is 3. The van der Waals surface area contributed by atoms with Crippen LogP contribution in [0.1, 0.15) is 74.9 Å². The monoisotopic (exact) mass is 678 g/mol. The van der Waals surface area contributed by atoms with Gasteiger partial charge in [0, 0.05) is 51.5 Å². The standard InChI is InChI=1S/C33H50N4O11/c1-18-12-21(13-19(2)25(18)41)28(43)34-15-23(40)26(42)27-24(35-20(3)38)22(39)14-33(47-27,29(44)45)9-11-37-10-7-8-32(37)16-36(17-32)30(46)48-31(4,5)6/h12-13,22-24,26-27,39-42H,7-11,14-17H2,1-6H3,(H,34,43)(H,35,38)(H,44,45)/t22-,23+,24+,26+,27+,33+/m0/s1. The zero-order valence-corrected chi connectivity index (χ0v) is 28.5. The summed E-state index contributed by atoms with van der Waals surface area (Å²) in [5, 5.41) is 58.9. The van der Waals surface area contributed by atoms with E-state index in [1.165, 1.54) is 19.1 Å². The summed E-state index contributed by atoms with van der Waals surface area (Å²) in [6.45, 7) is 11.1. The Morgan fingerprint density at radius 1 is 1.12 bits per heavy atom. The number of aryl methyl sites for hydroxylation is 2. The molecule has 3 saturated heterocycles. The predicted octanol–water partition coefficient (Wildman–Crippen LogP) is 0.414. The lowest BCUT2D eigenvalue weighted by molar-refractivity contribution is -0.230. The van der Waals surface area contributed by atoms with Gasteiger partial charge in [-0.3, -0.25) is 14.5 Å². The number of carboxylic acid groups (broad SMARTS) is 1. The minimum Gasteiger partial charge on any atom is -0.507 e. The van der Waals surface area contributed by atoms with Crippen LogP contribution in [0.15, 0.2) is 12.1 Å². The highest BCUT2D eigenvalue weighted by molar-refractivity contribution is 5.94. The summed E-state index contributed by atoms with van der Waals surface area (Å²) in [6, 6.07) is 1.68. The zero-order valence-electron chi connectivity index (χ0n) is 28.5. The van der Waals surface area contributed by atoms with Crippen molar-refractivity contribution in [1.82, 2.24) is 20.4 Å². The van der Waals surface area contributed by atoms with Crippen LogP contribution >= 0.6 is 0 Å². The minimum atomic E-state index is -1.98. The van der Waals surface area contributed by atoms with Gasteiger partial charge >= 0.3 is 12.1 Å². The van der Waals surface area contributed by atoms with Crippen molar-refractivity contribution >= 4 is 23.9 Å². The first kappa shape index (κ1) is 37.3. The van der Waals surface area contributed by atoms with Crippen LogP contribution in [0.25, 0.3) is 0 Å². The second kappa shape index (κ2) is 14.2. The molecule has 48 heavy (non-hydrogen) atoms. The fourth-order valence-electron chi connectivity index (χ4n) is 7.03. The van der Waals surface area contributed by atoms with Crippen molar-refractivity contribution in [3.8, 4) is 5.75 Å². The van der Waals surface area contributed by atoms with Crippen LogP contribution in [0.2, 0.25) is 0 Å². The Morgan fingerprint density at radius 3 is 2.31 bits per heavy atom. The maximum Gasteiger partial charge on any atom is 0.410 e. The maximum atomic E-state index is 12.8. The van der Waals surface area contributed by atoms with Gasteiger partial charge in [0.1, 0.15) is 23.6 Å². The van der Waals surface area contributed by atoms with E-state index in [1.807, 2.05) is 0 Å². The number of carbonyl (C=O) groups excluding carboxylic acids is 3. The molecular weight excluding hydrogens is 628 g/mol. The summed E-state index contributed by atoms with van der Waals surface area (Å²) >= 11 is 0. The summed E-state index contributed by atoms with van der Waals surface area (Å²) < 4.78 is 11.6. The van der Waals surface area contributed by atoms with Crippen LogP contribution in [-0.2, 0) is 19.1 Å². The topological polar surface area (TPSA) is 218 Å². The number of aliphatic carboxylic acids is 1. The number of carbonyl (C=O) groups is 4. The first-order valence-corrected chi connectivity index (χ1v) is 16.3. The second-order valence-corrected chi connectivity index (χ2v) is 14.5. The fourth-order valence-corrected chi connectivity index (χ4v) is 7.03. The number of phenols is 1. The van der Waals surface area contributed by atoms with Crippen LogP contribution < -0.4 is 10.6 Å². The number of amides is 3. The van der Waals surface area contributed by atoms with Gasteiger partial charge in [-0.15, -0.1) is 0 Å². The molecule has 1 aromatic carbocycles. The van der Waals surface area contributed by atoms with Crippen LogP contribution in [-0.4, -0.2) is 139 Å². The summed E-state index contributed by atoms with van der Waals surface area (Å²) in [4.78, 5) is 54.0. The summed E-state index contributed by atoms with van der Waals surface area (Å²) in [6.07, 6.45) is -5.76. The number of nitrogens with one attached hydrogen (secondary N) is 2. The molecule has 3 heterocycles. The van der Waals surface area contributed by atoms with Crippen molar-refractivity contribution in [2.45, 2.75) is 114 Å². The van der Waals surface area contributed by atoms with Gasteiger partial charge in [-0.05, 0) is 77.3 Å². The minimum absolute atomic E-state index is 0.0521. The van der Waals surface area contributed by atoms with Gasteiger partial charge in [0.05, 0.1) is 23.8 Å². The Hall–Kier alpha value is -3.50. The molecule has 7 N–H and O–H groups in total. The number of ether oxygens (including phenoxy) is 2. The molecule has 0 aromatic heterocycles. The van der Waals surface area contributed by atoms with Crippen molar-refractivity contribution in [1.29, 1.82) is 0 Å². The molecule has 0 unspecified atom stereocenters. The van der Waals surface area contributed by atoms with E-state index in [2.05, 4.69) is 15.5 Å². The highest BCUT2D eigenvalue weighted by Crippen LogP contribution is 2.41. The molecule has 15 heteroatoms. The van der Waals surface area contributed by atoms with E-state index >= 15 is 0 Å². The second-order valence-electron chi connectivity index (χ2n) is 14.5. The number of rotatable bonds is 10. The summed E-state index contributed by atoms with van der Waals surface area (Å²) in [7, 11) is 0. The van der Waals surface area contributed by atoms with Gasteiger partial charge in [0.15, 0.2) is 5.60 Å². The van der Waals surface area contributed by atoms with E-state index in [9.17, 15) is 44.7 Å². The lowest BCUT2D eigenvalue weighted by Crippen LogP contribution is -2.70. The van der Waals surface area contributed by atoms with Gasteiger partial charge in [0.25, 0.3) is 5.91 Å². The Labute approximate surface area is 280 Å². The molecule has 6 atom stereocenters. The first-order valence-electron chi connectivity index (χ1n) is 16.3. The third-order valence-electron chi connectivity index (χ3n) is 9.53. The van der Waals surface area contributed by atoms with Crippen LogP contribution in [0, 0.1) is 13.8 Å². The Morgan fingerprint density at radius 2 is 1.75 bits per heavy atom. The molecule has 0 bridgehead atoms. The lowest BCUT2D eigenvalue weighted by atomic mass is 9.81. The quantitative estimate of drug-likeness (QED) is 0.179. The smallest absolute Gasteiger partial charge is 0.410 e. The van der Waals surface area contributed by atoms with Crippen LogP contribution in [0.5, 0.6) is 5.75 Å². The fraction of sp³-hybridized carbons (Fsp3) is 0.697. The highest BCUT2D eigenvalue weighted by atomic mass is 16.6. The Balaban J connectivity index is 1.46. The van der Waals surface area contributed by atoms with Gasteiger partial charge in [-0.25, -0.2) is 9.59 Å². The zero-order chi connectivity index (χ0) is 35.8. The molecule has 3 fully saturated rings.